The van der Waals surface area contributed by atoms with Gasteiger partial charge in [0.05, 0.1) is 0 Å². The van der Waals surface area contributed by atoms with Gasteiger partial charge in [-0.2, -0.15) is 0 Å². The number of rotatable bonds is 1. The summed E-state index contributed by atoms with van der Waals surface area (Å²) in [5.41, 5.74) is 5.12. The Morgan fingerprint density at radius 1 is 1.40 bits per heavy atom. The van der Waals surface area contributed by atoms with Crippen LogP contribution >= 0.6 is 12.4 Å². The van der Waals surface area contributed by atoms with Crippen LogP contribution in [0.4, 0.5) is 0 Å². The van der Waals surface area contributed by atoms with Crippen LogP contribution in [-0.2, 0) is 4.79 Å². The zero-order valence-electron chi connectivity index (χ0n) is 5.54. The van der Waals surface area contributed by atoms with Gasteiger partial charge in [-0.1, -0.05) is 0 Å². The minimum absolute atomic E-state index is 0. The van der Waals surface area contributed by atoms with Crippen LogP contribution in [0.25, 0.3) is 0 Å². The molecule has 0 aromatic carbocycles. The molecule has 4 heteroatoms. The summed E-state index contributed by atoms with van der Waals surface area (Å²) in [5.74, 6) is 1.28. The van der Waals surface area contributed by atoms with Crippen LogP contribution in [0.2, 0.25) is 0 Å². The zero-order chi connectivity index (χ0) is 6.43. The fraction of sp³-hybridized carbons (Fsp3) is 0.833. The first-order chi connectivity index (χ1) is 4.30. The van der Waals surface area contributed by atoms with Gasteiger partial charge in [0.1, 0.15) is 0 Å². The third-order valence-corrected chi connectivity index (χ3v) is 2.42. The molecule has 0 aromatic heterocycles. The van der Waals surface area contributed by atoms with Crippen molar-refractivity contribution in [2.75, 3.05) is 13.1 Å². The van der Waals surface area contributed by atoms with Crippen molar-refractivity contribution >= 4 is 18.3 Å². The molecule has 58 valence electrons. The molecule has 1 aliphatic heterocycles. The predicted molar refractivity (Wildman–Crippen MR) is 39.8 cm³/mol. The third-order valence-electron chi connectivity index (χ3n) is 2.42. The van der Waals surface area contributed by atoms with E-state index in [0.29, 0.717) is 11.8 Å². The number of nitrogens with two attached hydrogens (primary N) is 1. The van der Waals surface area contributed by atoms with Gasteiger partial charge in [0.2, 0.25) is 5.91 Å². The molecular formula is C6H11ClN2O. The van der Waals surface area contributed by atoms with Crippen molar-refractivity contribution in [3.05, 3.63) is 0 Å². The lowest BCUT2D eigenvalue weighted by molar-refractivity contribution is -0.119. The second-order valence-corrected chi connectivity index (χ2v) is 2.91. The first kappa shape index (κ1) is 7.82. The molecule has 1 amide bonds. The SMILES string of the molecule is Cl.NC(=O)C1C2CNCC21. The lowest BCUT2D eigenvalue weighted by atomic mass is 10.3. The van der Waals surface area contributed by atoms with E-state index >= 15 is 0 Å². The predicted octanol–water partition coefficient (Wildman–Crippen LogP) is -0.641. The highest BCUT2D eigenvalue weighted by molar-refractivity contribution is 5.85. The Labute approximate surface area is 65.8 Å². The molecule has 1 saturated carbocycles. The number of hydrogen-bond donors (Lipinski definition) is 2. The Balaban J connectivity index is 0.000000500. The largest absolute Gasteiger partial charge is 0.369 e. The average Bonchev–Trinajstić information content (AvgIpc) is 2.30. The first-order valence-electron chi connectivity index (χ1n) is 3.31. The summed E-state index contributed by atoms with van der Waals surface area (Å²) < 4.78 is 0. The molecule has 10 heavy (non-hydrogen) atoms. The molecule has 0 aromatic rings. The second kappa shape index (κ2) is 2.40. The topological polar surface area (TPSA) is 55.1 Å². The summed E-state index contributed by atoms with van der Waals surface area (Å²) in [6.07, 6.45) is 0. The lowest BCUT2D eigenvalue weighted by Gasteiger charge is -1.97. The fourth-order valence-corrected chi connectivity index (χ4v) is 1.84. The van der Waals surface area contributed by atoms with Crippen LogP contribution in [-0.4, -0.2) is 19.0 Å². The third kappa shape index (κ3) is 0.896. The molecule has 1 aliphatic carbocycles. The zero-order valence-corrected chi connectivity index (χ0v) is 6.36. The number of fused-ring (bicyclic) bond motifs is 1. The van der Waals surface area contributed by atoms with Crippen LogP contribution in [0.5, 0.6) is 0 Å². The summed E-state index contributed by atoms with van der Waals surface area (Å²) in [7, 11) is 0. The molecule has 2 unspecified atom stereocenters. The summed E-state index contributed by atoms with van der Waals surface area (Å²) in [5, 5.41) is 3.20. The van der Waals surface area contributed by atoms with E-state index in [1.807, 2.05) is 0 Å². The Kier molecular flexibility index (Phi) is 1.88. The minimum atomic E-state index is -0.105. The normalized spacial score (nSPS) is 41.8. The first-order valence-corrected chi connectivity index (χ1v) is 3.31. The van der Waals surface area contributed by atoms with Crippen molar-refractivity contribution in [2.24, 2.45) is 23.5 Å². The molecule has 2 atom stereocenters. The molecule has 0 spiro atoms. The molecular weight excluding hydrogens is 152 g/mol. The van der Waals surface area contributed by atoms with Gasteiger partial charge in [0, 0.05) is 5.92 Å². The molecule has 2 aliphatic rings. The number of nitrogens with one attached hydrogen (secondary N) is 1. The summed E-state index contributed by atoms with van der Waals surface area (Å²) in [4.78, 5) is 10.6. The van der Waals surface area contributed by atoms with Gasteiger partial charge >= 0.3 is 0 Å². The quantitative estimate of drug-likeness (QED) is 0.539. The molecule has 0 radical (unpaired) electrons. The van der Waals surface area contributed by atoms with E-state index in [2.05, 4.69) is 5.32 Å². The van der Waals surface area contributed by atoms with Crippen molar-refractivity contribution < 1.29 is 4.79 Å². The van der Waals surface area contributed by atoms with Gasteiger partial charge in [0.15, 0.2) is 0 Å². The number of carbonyl (C=O) groups excluding carboxylic acids is 1. The fourth-order valence-electron chi connectivity index (χ4n) is 1.84. The molecule has 1 heterocycles. The Morgan fingerprint density at radius 3 is 2.20 bits per heavy atom. The highest BCUT2D eigenvalue weighted by atomic mass is 35.5. The van der Waals surface area contributed by atoms with Gasteiger partial charge < -0.3 is 11.1 Å². The monoisotopic (exact) mass is 162 g/mol. The van der Waals surface area contributed by atoms with Crippen molar-refractivity contribution in [3.8, 4) is 0 Å². The van der Waals surface area contributed by atoms with E-state index in [1.165, 1.54) is 0 Å². The number of hydrogen-bond acceptors (Lipinski definition) is 2. The maximum atomic E-state index is 10.6. The number of amides is 1. The summed E-state index contributed by atoms with van der Waals surface area (Å²) >= 11 is 0. The molecule has 2 rings (SSSR count). The maximum Gasteiger partial charge on any atom is 0.221 e. The number of carbonyl (C=O) groups is 1. The van der Waals surface area contributed by atoms with E-state index in [0.717, 1.165) is 13.1 Å². The van der Waals surface area contributed by atoms with Crippen molar-refractivity contribution in [2.45, 2.75) is 0 Å². The van der Waals surface area contributed by atoms with Gasteiger partial charge in [-0.25, -0.2) is 0 Å². The Morgan fingerprint density at radius 2 is 1.90 bits per heavy atom. The summed E-state index contributed by atoms with van der Waals surface area (Å²) in [6, 6.07) is 0. The second-order valence-electron chi connectivity index (χ2n) is 2.91. The van der Waals surface area contributed by atoms with E-state index < -0.39 is 0 Å². The van der Waals surface area contributed by atoms with Crippen molar-refractivity contribution in [1.82, 2.24) is 5.32 Å². The molecule has 1 saturated heterocycles. The summed E-state index contributed by atoms with van der Waals surface area (Å²) in [6.45, 7) is 2.00. The number of halogens is 1. The highest BCUT2D eigenvalue weighted by Crippen LogP contribution is 2.48. The highest BCUT2D eigenvalue weighted by Gasteiger charge is 2.55. The Hall–Kier alpha value is -0.280. The minimum Gasteiger partial charge on any atom is -0.369 e. The standard InChI is InChI=1S/C6H10N2O.ClH/c7-6(9)5-3-1-8-2-4(3)5;/h3-5,8H,1-2H2,(H2,7,9);1H. The molecule has 3 N–H and O–H groups in total. The number of piperidine rings is 1. The lowest BCUT2D eigenvalue weighted by Crippen LogP contribution is -2.23. The van der Waals surface area contributed by atoms with E-state index in [-0.39, 0.29) is 24.2 Å². The van der Waals surface area contributed by atoms with Crippen molar-refractivity contribution in [3.63, 3.8) is 0 Å². The molecule has 2 fully saturated rings. The van der Waals surface area contributed by atoms with Crippen LogP contribution in [0, 0.1) is 17.8 Å². The molecule has 0 bridgehead atoms. The Bertz CT molecular complexity index is 152. The van der Waals surface area contributed by atoms with Gasteiger partial charge in [0.25, 0.3) is 0 Å². The van der Waals surface area contributed by atoms with Gasteiger partial charge in [-0.15, -0.1) is 12.4 Å². The van der Waals surface area contributed by atoms with E-state index in [4.69, 9.17) is 5.73 Å². The van der Waals surface area contributed by atoms with Gasteiger partial charge in [-0.3, -0.25) is 4.79 Å². The smallest absolute Gasteiger partial charge is 0.221 e. The maximum absolute atomic E-state index is 10.6. The van der Waals surface area contributed by atoms with Crippen LogP contribution in [0.15, 0.2) is 0 Å². The van der Waals surface area contributed by atoms with E-state index in [9.17, 15) is 4.79 Å². The van der Waals surface area contributed by atoms with Crippen molar-refractivity contribution in [1.29, 1.82) is 0 Å². The van der Waals surface area contributed by atoms with Gasteiger partial charge in [-0.05, 0) is 24.9 Å². The van der Waals surface area contributed by atoms with Crippen LogP contribution < -0.4 is 11.1 Å². The van der Waals surface area contributed by atoms with Crippen LogP contribution in [0.3, 0.4) is 0 Å². The molecule has 3 nitrogen and oxygen atoms in total. The van der Waals surface area contributed by atoms with E-state index in [1.54, 1.807) is 0 Å². The average molecular weight is 163 g/mol. The van der Waals surface area contributed by atoms with Crippen LogP contribution in [0.1, 0.15) is 0 Å². The number of primary amides is 1.